The maximum Gasteiger partial charge on any atom is 0.148 e. The molecule has 0 aliphatic rings. The van der Waals surface area contributed by atoms with Crippen molar-refractivity contribution >= 4 is 36.7 Å². The summed E-state index contributed by atoms with van der Waals surface area (Å²) in [5.41, 5.74) is 5.27. The maximum atomic E-state index is 11.7. The van der Waals surface area contributed by atoms with Gasteiger partial charge in [0.25, 0.3) is 0 Å². The highest BCUT2D eigenvalue weighted by molar-refractivity contribution is 9.08. The van der Waals surface area contributed by atoms with E-state index in [0.717, 1.165) is 32.9 Å². The molecule has 0 saturated carbocycles. The first kappa shape index (κ1) is 18.1. The number of alkyl halides is 1. The van der Waals surface area contributed by atoms with Crippen LogP contribution >= 0.6 is 15.9 Å². The van der Waals surface area contributed by atoms with Crippen molar-refractivity contribution in [3.63, 3.8) is 0 Å². The first-order valence-electron chi connectivity index (χ1n) is 8.09. The Morgan fingerprint density at radius 2 is 1.92 bits per heavy atom. The molecule has 0 saturated heterocycles. The Morgan fingerprint density at radius 3 is 2.64 bits per heavy atom. The highest BCUT2D eigenvalue weighted by Crippen LogP contribution is 2.32. The lowest BCUT2D eigenvalue weighted by molar-refractivity contribution is 0.596. The van der Waals surface area contributed by atoms with E-state index in [9.17, 15) is 8.42 Å². The third-order valence-corrected chi connectivity index (χ3v) is 5.99. The zero-order valence-corrected chi connectivity index (χ0v) is 16.6. The van der Waals surface area contributed by atoms with Crippen molar-refractivity contribution in [1.82, 2.24) is 4.98 Å². The predicted octanol–water partition coefficient (Wildman–Crippen LogP) is 4.94. The second-order valence-corrected chi connectivity index (χ2v) is 9.22. The highest BCUT2D eigenvalue weighted by Gasteiger charge is 2.16. The Labute approximate surface area is 157 Å². The summed E-state index contributed by atoms with van der Waals surface area (Å²) in [7, 11) is -3.03. The molecule has 3 rings (SSSR count). The van der Waals surface area contributed by atoms with E-state index in [1.165, 1.54) is 11.8 Å². The molecule has 1 heterocycles. The lowest BCUT2D eigenvalue weighted by atomic mass is 9.93. The standard InChI is InChI=1S/C20H20BrNO2S/c1-14(13-25(2,23)24)18-10-17-7-4-8-22-20(17)19(11-18)16-6-3-5-15(9-16)12-21/h3-11,14H,12-13H2,1-2H3. The van der Waals surface area contributed by atoms with Gasteiger partial charge in [0.15, 0.2) is 0 Å². The summed E-state index contributed by atoms with van der Waals surface area (Å²) in [5.74, 6) is 0.0670. The number of sulfone groups is 1. The molecule has 0 aliphatic heterocycles. The number of pyridine rings is 1. The van der Waals surface area contributed by atoms with Crippen LogP contribution in [-0.4, -0.2) is 25.4 Å². The molecule has 0 N–H and O–H groups in total. The van der Waals surface area contributed by atoms with Gasteiger partial charge in [0.2, 0.25) is 0 Å². The minimum absolute atomic E-state index is 0.0716. The summed E-state index contributed by atoms with van der Waals surface area (Å²) >= 11 is 3.50. The van der Waals surface area contributed by atoms with Crippen molar-refractivity contribution in [3.8, 4) is 11.1 Å². The van der Waals surface area contributed by atoms with Gasteiger partial charge in [-0.3, -0.25) is 4.98 Å². The molecule has 0 amide bonds. The van der Waals surface area contributed by atoms with Crippen LogP contribution in [0, 0.1) is 0 Å². The molecule has 3 aromatic rings. The molecule has 3 nitrogen and oxygen atoms in total. The van der Waals surface area contributed by atoms with Gasteiger partial charge in [-0.05, 0) is 40.8 Å². The molecule has 0 fully saturated rings. The van der Waals surface area contributed by atoms with E-state index < -0.39 is 9.84 Å². The molecule has 0 bridgehead atoms. The van der Waals surface area contributed by atoms with Crippen LogP contribution in [0.1, 0.15) is 24.0 Å². The number of hydrogen-bond acceptors (Lipinski definition) is 3. The smallest absolute Gasteiger partial charge is 0.148 e. The van der Waals surface area contributed by atoms with Gasteiger partial charge in [-0.2, -0.15) is 0 Å². The quantitative estimate of drug-likeness (QED) is 0.551. The van der Waals surface area contributed by atoms with Gasteiger partial charge < -0.3 is 0 Å². The van der Waals surface area contributed by atoms with E-state index in [1.54, 1.807) is 6.20 Å². The van der Waals surface area contributed by atoms with Gasteiger partial charge in [-0.15, -0.1) is 0 Å². The minimum atomic E-state index is -3.03. The van der Waals surface area contributed by atoms with E-state index >= 15 is 0 Å². The van der Waals surface area contributed by atoms with Gasteiger partial charge in [-0.25, -0.2) is 8.42 Å². The van der Waals surface area contributed by atoms with Crippen LogP contribution in [0.5, 0.6) is 0 Å². The van der Waals surface area contributed by atoms with Crippen molar-refractivity contribution in [3.05, 3.63) is 65.9 Å². The summed E-state index contributed by atoms with van der Waals surface area (Å²) < 4.78 is 23.4. The van der Waals surface area contributed by atoms with Crippen molar-refractivity contribution < 1.29 is 8.42 Å². The summed E-state index contributed by atoms with van der Waals surface area (Å²) in [6.07, 6.45) is 3.08. The lowest BCUT2D eigenvalue weighted by Gasteiger charge is -2.15. The first-order chi connectivity index (χ1) is 11.9. The van der Waals surface area contributed by atoms with E-state index in [0.29, 0.717) is 0 Å². The van der Waals surface area contributed by atoms with Gasteiger partial charge in [0, 0.05) is 28.7 Å². The molecular formula is C20H20BrNO2S. The average Bonchev–Trinajstić information content (AvgIpc) is 2.59. The van der Waals surface area contributed by atoms with Crippen LogP contribution in [0.4, 0.5) is 0 Å². The number of fused-ring (bicyclic) bond motifs is 1. The molecule has 1 unspecified atom stereocenters. The topological polar surface area (TPSA) is 47.0 Å². The number of nitrogens with zero attached hydrogens (tertiary/aromatic N) is 1. The SMILES string of the molecule is CC(CS(C)(=O)=O)c1cc(-c2cccc(CBr)c2)c2ncccc2c1. The fourth-order valence-corrected chi connectivity index (χ4v) is 4.54. The van der Waals surface area contributed by atoms with E-state index in [-0.39, 0.29) is 11.7 Å². The van der Waals surface area contributed by atoms with Crippen LogP contribution in [0.25, 0.3) is 22.0 Å². The predicted molar refractivity (Wildman–Crippen MR) is 108 cm³/mol. The fraction of sp³-hybridized carbons (Fsp3) is 0.250. The number of benzene rings is 2. The number of halogens is 1. The Kier molecular flexibility index (Phi) is 5.25. The fourth-order valence-electron chi connectivity index (χ4n) is 3.09. The molecule has 0 spiro atoms. The number of aromatic nitrogens is 1. The molecule has 130 valence electrons. The third-order valence-electron chi connectivity index (χ3n) is 4.24. The van der Waals surface area contributed by atoms with Crippen molar-refractivity contribution in [1.29, 1.82) is 0 Å². The summed E-state index contributed by atoms with van der Waals surface area (Å²) in [5, 5.41) is 1.82. The molecular weight excluding hydrogens is 398 g/mol. The minimum Gasteiger partial charge on any atom is -0.256 e. The van der Waals surface area contributed by atoms with Crippen molar-refractivity contribution in [2.75, 3.05) is 12.0 Å². The first-order valence-corrected chi connectivity index (χ1v) is 11.3. The zero-order valence-electron chi connectivity index (χ0n) is 14.2. The molecule has 2 aromatic carbocycles. The molecule has 1 aromatic heterocycles. The molecule has 0 radical (unpaired) electrons. The normalized spacial score (nSPS) is 13.1. The van der Waals surface area contributed by atoms with E-state index in [1.807, 2.05) is 25.1 Å². The van der Waals surface area contributed by atoms with Crippen molar-refractivity contribution in [2.45, 2.75) is 18.2 Å². The number of hydrogen-bond donors (Lipinski definition) is 0. The number of rotatable bonds is 5. The third kappa shape index (κ3) is 4.28. The monoisotopic (exact) mass is 417 g/mol. The van der Waals surface area contributed by atoms with Crippen LogP contribution in [-0.2, 0) is 15.2 Å². The Morgan fingerprint density at radius 1 is 1.12 bits per heavy atom. The zero-order chi connectivity index (χ0) is 18.0. The Hall–Kier alpha value is -1.72. The van der Waals surface area contributed by atoms with E-state index in [2.05, 4.69) is 51.2 Å². The second-order valence-electron chi connectivity index (χ2n) is 6.47. The summed E-state index contributed by atoms with van der Waals surface area (Å²) in [4.78, 5) is 4.56. The molecule has 25 heavy (non-hydrogen) atoms. The average molecular weight is 418 g/mol. The summed E-state index contributed by atoms with van der Waals surface area (Å²) in [6, 6.07) is 16.4. The molecule has 1 atom stereocenters. The van der Waals surface area contributed by atoms with Gasteiger partial charge in [-0.1, -0.05) is 53.2 Å². The Balaban J connectivity index is 2.19. The van der Waals surface area contributed by atoms with E-state index in [4.69, 9.17) is 0 Å². The van der Waals surface area contributed by atoms with Gasteiger partial charge in [0.1, 0.15) is 9.84 Å². The van der Waals surface area contributed by atoms with Crippen molar-refractivity contribution in [2.24, 2.45) is 0 Å². The largest absolute Gasteiger partial charge is 0.256 e. The van der Waals surface area contributed by atoms with Crippen LogP contribution in [0.15, 0.2) is 54.7 Å². The molecule has 5 heteroatoms. The van der Waals surface area contributed by atoms with Crippen LogP contribution in [0.3, 0.4) is 0 Å². The lowest BCUT2D eigenvalue weighted by Crippen LogP contribution is -2.10. The second kappa shape index (κ2) is 7.26. The maximum absolute atomic E-state index is 11.7. The van der Waals surface area contributed by atoms with Crippen LogP contribution in [0.2, 0.25) is 0 Å². The van der Waals surface area contributed by atoms with Gasteiger partial charge >= 0.3 is 0 Å². The Bertz CT molecular complexity index is 1020. The summed E-state index contributed by atoms with van der Waals surface area (Å²) in [6.45, 7) is 1.96. The molecule has 0 aliphatic carbocycles. The highest BCUT2D eigenvalue weighted by atomic mass is 79.9. The van der Waals surface area contributed by atoms with Gasteiger partial charge in [0.05, 0.1) is 11.3 Å². The van der Waals surface area contributed by atoms with Crippen LogP contribution < -0.4 is 0 Å².